The van der Waals surface area contributed by atoms with Crippen LogP contribution in [0, 0.1) is 0 Å². The third kappa shape index (κ3) is 4.43. The number of phenolic OH excluding ortho intramolecular Hbond substituents is 2. The van der Waals surface area contributed by atoms with Gasteiger partial charge in [0.25, 0.3) is 0 Å². The third-order valence-electron chi connectivity index (χ3n) is 3.32. The van der Waals surface area contributed by atoms with E-state index >= 15 is 0 Å². The lowest BCUT2D eigenvalue weighted by Crippen LogP contribution is -2.05. The first-order valence-electron chi connectivity index (χ1n) is 7.03. The maximum absolute atomic E-state index is 12.3. The molecule has 0 fully saturated rings. The number of benzene rings is 2. The summed E-state index contributed by atoms with van der Waals surface area (Å²) in [5, 5.41) is 20.2. The van der Waals surface area contributed by atoms with E-state index in [1.54, 1.807) is 6.07 Å². The quantitative estimate of drug-likeness (QED) is 0.539. The summed E-state index contributed by atoms with van der Waals surface area (Å²) < 4.78 is 10.5. The molecule has 0 unspecified atom stereocenters. The van der Waals surface area contributed by atoms with Crippen LogP contribution in [-0.2, 0) is 0 Å². The van der Waals surface area contributed by atoms with Gasteiger partial charge in [-0.15, -0.1) is 0 Å². The lowest BCUT2D eigenvalue weighted by molar-refractivity contribution is 0.100. The molecule has 0 aromatic heterocycles. The molecule has 2 rings (SSSR count). The number of nitrogens with zero attached hydrogens (tertiary/aromatic N) is 1. The van der Waals surface area contributed by atoms with E-state index in [1.807, 2.05) is 0 Å². The summed E-state index contributed by atoms with van der Waals surface area (Å²) in [5.74, 6) is -0.257. The maximum Gasteiger partial charge on any atom is 0.200 e. The monoisotopic (exact) mass is 427 g/mol. The normalized spacial score (nSPS) is 10.9. The fourth-order valence-corrected chi connectivity index (χ4v) is 2.89. The number of hydrogen-bond acceptors (Lipinski definition) is 6. The van der Waals surface area contributed by atoms with E-state index in [0.29, 0.717) is 15.1 Å². The topological polar surface area (TPSA) is 88.4 Å². The molecule has 2 aromatic rings. The molecular weight excluding hydrogens is 414 g/mol. The minimum Gasteiger partial charge on any atom is -0.506 e. The van der Waals surface area contributed by atoms with E-state index in [0.717, 1.165) is 0 Å². The predicted molar refractivity (Wildman–Crippen MR) is 98.8 cm³/mol. The minimum absolute atomic E-state index is 0.0198. The van der Waals surface area contributed by atoms with Crippen molar-refractivity contribution in [3.8, 4) is 23.0 Å². The van der Waals surface area contributed by atoms with Crippen LogP contribution in [0.5, 0.6) is 23.0 Å². The summed E-state index contributed by atoms with van der Waals surface area (Å²) >= 11 is 9.10. The molecule has 8 heteroatoms. The van der Waals surface area contributed by atoms with Gasteiger partial charge in [0.1, 0.15) is 12.3 Å². The summed E-state index contributed by atoms with van der Waals surface area (Å²) in [4.78, 5) is 16.3. The highest BCUT2D eigenvalue weighted by atomic mass is 79.9. The van der Waals surface area contributed by atoms with Crippen LogP contribution < -0.4 is 9.47 Å². The highest BCUT2D eigenvalue weighted by Gasteiger charge is 2.15. The maximum atomic E-state index is 12.3. The SMILES string of the molecule is COc1cc(C(=O)CN=Cc2cc(Cl)cc(Br)c2O)cc(OC)c1O. The van der Waals surface area contributed by atoms with Crippen LogP contribution in [0.4, 0.5) is 0 Å². The molecular formula is C17H15BrClNO5. The molecule has 2 aromatic carbocycles. The smallest absolute Gasteiger partial charge is 0.200 e. The van der Waals surface area contributed by atoms with Crippen molar-refractivity contribution in [2.45, 2.75) is 0 Å². The Morgan fingerprint density at radius 1 is 1.16 bits per heavy atom. The Hall–Kier alpha value is -2.25. The molecule has 25 heavy (non-hydrogen) atoms. The molecule has 0 amide bonds. The number of methoxy groups -OCH3 is 2. The number of aliphatic imine (C=N–C) groups is 1. The first-order chi connectivity index (χ1) is 11.9. The van der Waals surface area contributed by atoms with Crippen molar-refractivity contribution in [3.63, 3.8) is 0 Å². The van der Waals surface area contributed by atoms with Gasteiger partial charge in [-0.05, 0) is 40.2 Å². The zero-order valence-corrected chi connectivity index (χ0v) is 15.8. The van der Waals surface area contributed by atoms with Crippen molar-refractivity contribution in [1.82, 2.24) is 0 Å². The highest BCUT2D eigenvalue weighted by Crippen LogP contribution is 2.37. The third-order valence-corrected chi connectivity index (χ3v) is 4.15. The van der Waals surface area contributed by atoms with Gasteiger partial charge in [-0.3, -0.25) is 9.79 Å². The van der Waals surface area contributed by atoms with Crippen LogP contribution >= 0.6 is 27.5 Å². The van der Waals surface area contributed by atoms with Gasteiger partial charge in [0.15, 0.2) is 17.3 Å². The number of carbonyl (C=O) groups excluding carboxylic acids is 1. The van der Waals surface area contributed by atoms with Gasteiger partial charge in [-0.1, -0.05) is 11.6 Å². The van der Waals surface area contributed by atoms with Crippen molar-refractivity contribution in [2.24, 2.45) is 4.99 Å². The summed E-state index contributed by atoms with van der Waals surface area (Å²) in [6.07, 6.45) is 1.36. The molecule has 0 heterocycles. The van der Waals surface area contributed by atoms with E-state index in [9.17, 15) is 15.0 Å². The molecule has 0 atom stereocenters. The second-order valence-electron chi connectivity index (χ2n) is 4.95. The van der Waals surface area contributed by atoms with Gasteiger partial charge in [-0.25, -0.2) is 0 Å². The highest BCUT2D eigenvalue weighted by molar-refractivity contribution is 9.10. The largest absolute Gasteiger partial charge is 0.506 e. The number of ether oxygens (including phenoxy) is 2. The number of carbonyl (C=O) groups is 1. The fourth-order valence-electron chi connectivity index (χ4n) is 2.06. The van der Waals surface area contributed by atoms with E-state index < -0.39 is 0 Å². The van der Waals surface area contributed by atoms with Crippen molar-refractivity contribution in [2.75, 3.05) is 20.8 Å². The first kappa shape index (κ1) is 19.1. The second-order valence-corrected chi connectivity index (χ2v) is 6.24. The summed E-state index contributed by atoms with van der Waals surface area (Å²) in [5.41, 5.74) is 0.660. The molecule has 132 valence electrons. The van der Waals surface area contributed by atoms with Gasteiger partial charge >= 0.3 is 0 Å². The number of rotatable bonds is 6. The van der Waals surface area contributed by atoms with E-state index in [2.05, 4.69) is 20.9 Å². The Morgan fingerprint density at radius 2 is 1.76 bits per heavy atom. The number of halogens is 2. The molecule has 0 bridgehead atoms. The van der Waals surface area contributed by atoms with E-state index in [4.69, 9.17) is 21.1 Å². The zero-order chi connectivity index (χ0) is 18.6. The number of Topliss-reactive ketones (excluding diaryl/α,β-unsaturated/α-hetero) is 1. The van der Waals surface area contributed by atoms with Crippen LogP contribution in [-0.4, -0.2) is 43.0 Å². The zero-order valence-electron chi connectivity index (χ0n) is 13.4. The van der Waals surface area contributed by atoms with Gasteiger partial charge < -0.3 is 19.7 Å². The van der Waals surface area contributed by atoms with Gasteiger partial charge in [0.2, 0.25) is 5.75 Å². The lowest BCUT2D eigenvalue weighted by atomic mass is 10.1. The standard InChI is InChI=1S/C17H15BrClNO5/c1-24-14-4-9(5-15(25-2)17(14)23)13(21)8-20-7-10-3-11(19)6-12(18)16(10)22/h3-7,22-23H,8H2,1-2H3. The minimum atomic E-state index is -0.312. The van der Waals surface area contributed by atoms with Crippen molar-refractivity contribution >= 4 is 39.5 Å². The van der Waals surface area contributed by atoms with Gasteiger partial charge in [-0.2, -0.15) is 0 Å². The molecule has 0 saturated carbocycles. The van der Waals surface area contributed by atoms with Crippen molar-refractivity contribution in [3.05, 3.63) is 44.9 Å². The molecule has 2 N–H and O–H groups in total. The van der Waals surface area contributed by atoms with Crippen molar-refractivity contribution < 1.29 is 24.5 Å². The second kappa shape index (κ2) is 8.22. The average Bonchev–Trinajstić information content (AvgIpc) is 2.59. The predicted octanol–water partition coefficient (Wildman–Crippen LogP) is 3.83. The molecule has 0 aliphatic rings. The molecule has 0 aliphatic carbocycles. The van der Waals surface area contributed by atoms with Crippen LogP contribution in [0.1, 0.15) is 15.9 Å². The number of phenols is 2. The Bertz CT molecular complexity index is 813. The van der Waals surface area contributed by atoms with Crippen molar-refractivity contribution in [1.29, 1.82) is 0 Å². The van der Waals surface area contributed by atoms with Crippen LogP contribution in [0.3, 0.4) is 0 Å². The van der Waals surface area contributed by atoms with E-state index in [-0.39, 0.29) is 40.9 Å². The Morgan fingerprint density at radius 3 is 2.32 bits per heavy atom. The lowest BCUT2D eigenvalue weighted by Gasteiger charge is -2.10. The Balaban J connectivity index is 2.21. The Labute approximate surface area is 157 Å². The summed E-state index contributed by atoms with van der Waals surface area (Å²) in [7, 11) is 2.75. The number of ketones is 1. The van der Waals surface area contributed by atoms with Gasteiger partial charge in [0.05, 0.1) is 18.7 Å². The molecule has 0 spiro atoms. The fraction of sp³-hybridized carbons (Fsp3) is 0.176. The Kier molecular flexibility index (Phi) is 6.27. The van der Waals surface area contributed by atoms with E-state index in [1.165, 1.54) is 38.6 Å². The molecule has 0 saturated heterocycles. The number of hydrogen-bond donors (Lipinski definition) is 2. The molecule has 0 radical (unpaired) electrons. The average molecular weight is 429 g/mol. The first-order valence-corrected chi connectivity index (χ1v) is 8.20. The summed E-state index contributed by atoms with van der Waals surface area (Å²) in [6, 6.07) is 5.89. The van der Waals surface area contributed by atoms with Crippen LogP contribution in [0.15, 0.2) is 33.7 Å². The molecule has 0 aliphatic heterocycles. The molecule has 6 nitrogen and oxygen atoms in total. The number of aromatic hydroxyl groups is 2. The van der Waals surface area contributed by atoms with Crippen LogP contribution in [0.2, 0.25) is 5.02 Å². The van der Waals surface area contributed by atoms with Crippen LogP contribution in [0.25, 0.3) is 0 Å². The summed E-state index contributed by atoms with van der Waals surface area (Å²) in [6.45, 7) is -0.166. The van der Waals surface area contributed by atoms with Gasteiger partial charge in [0, 0.05) is 22.4 Å².